The van der Waals surface area contributed by atoms with E-state index in [4.69, 9.17) is 21.1 Å². The lowest BCUT2D eigenvalue weighted by Crippen LogP contribution is -2.45. The molecule has 1 heterocycles. The highest BCUT2D eigenvalue weighted by molar-refractivity contribution is 14.0. The summed E-state index contributed by atoms with van der Waals surface area (Å²) in [6.45, 7) is 5.47. The fraction of sp³-hybridized carbons (Fsp3) is 0.650. The molecule has 1 aromatic rings. The van der Waals surface area contributed by atoms with Gasteiger partial charge in [-0.25, -0.2) is 0 Å². The molecule has 1 saturated heterocycles. The SMILES string of the molecule is CN=C(NCCCN(C)CCOC)NC1CCN(c2cc(Cl)ccc2OC)C1.I. The molecule has 2 rings (SSSR count). The van der Waals surface area contributed by atoms with Crippen molar-refractivity contribution in [2.24, 2.45) is 4.99 Å². The first-order valence-electron chi connectivity index (χ1n) is 9.80. The van der Waals surface area contributed by atoms with Crippen molar-refractivity contribution >= 4 is 47.2 Å². The molecule has 1 atom stereocenters. The molecule has 0 aromatic heterocycles. The average molecular weight is 540 g/mol. The van der Waals surface area contributed by atoms with E-state index in [9.17, 15) is 0 Å². The second-order valence-corrected chi connectivity index (χ2v) is 7.48. The molecule has 0 saturated carbocycles. The third-order valence-electron chi connectivity index (χ3n) is 4.92. The van der Waals surface area contributed by atoms with Gasteiger partial charge in [0.1, 0.15) is 5.75 Å². The molecule has 1 aliphatic rings. The highest BCUT2D eigenvalue weighted by atomic mass is 127. The van der Waals surface area contributed by atoms with Gasteiger partial charge in [-0.3, -0.25) is 4.99 Å². The van der Waals surface area contributed by atoms with E-state index in [1.54, 1.807) is 14.2 Å². The molecule has 1 fully saturated rings. The number of methoxy groups -OCH3 is 2. The van der Waals surface area contributed by atoms with E-state index in [-0.39, 0.29) is 24.0 Å². The van der Waals surface area contributed by atoms with Gasteiger partial charge in [-0.1, -0.05) is 11.6 Å². The fourth-order valence-corrected chi connectivity index (χ4v) is 3.48. The second-order valence-electron chi connectivity index (χ2n) is 7.04. The summed E-state index contributed by atoms with van der Waals surface area (Å²) in [5.74, 6) is 1.70. The number of halogens is 2. The largest absolute Gasteiger partial charge is 0.495 e. The molecule has 7 nitrogen and oxygen atoms in total. The van der Waals surface area contributed by atoms with Crippen LogP contribution in [0.1, 0.15) is 12.8 Å². The van der Waals surface area contributed by atoms with Gasteiger partial charge in [-0.2, -0.15) is 0 Å². The van der Waals surface area contributed by atoms with Crippen LogP contribution in [0.4, 0.5) is 5.69 Å². The van der Waals surface area contributed by atoms with Crippen LogP contribution < -0.4 is 20.3 Å². The predicted molar refractivity (Wildman–Crippen MR) is 133 cm³/mol. The minimum Gasteiger partial charge on any atom is -0.495 e. The first-order chi connectivity index (χ1) is 13.6. The molecular formula is C20H35ClIN5O2. The number of ether oxygens (including phenoxy) is 2. The van der Waals surface area contributed by atoms with Crippen molar-refractivity contribution in [1.29, 1.82) is 0 Å². The summed E-state index contributed by atoms with van der Waals surface area (Å²) in [6.07, 6.45) is 2.09. The van der Waals surface area contributed by atoms with Crippen molar-refractivity contribution in [3.63, 3.8) is 0 Å². The van der Waals surface area contributed by atoms with Crippen molar-refractivity contribution in [1.82, 2.24) is 15.5 Å². The molecule has 1 aliphatic heterocycles. The fourth-order valence-electron chi connectivity index (χ4n) is 3.31. The summed E-state index contributed by atoms with van der Waals surface area (Å²) in [5.41, 5.74) is 1.04. The molecule has 0 bridgehead atoms. The Hall–Kier alpha value is -0.970. The van der Waals surface area contributed by atoms with Crippen LogP contribution >= 0.6 is 35.6 Å². The van der Waals surface area contributed by atoms with Gasteiger partial charge in [0.2, 0.25) is 0 Å². The normalized spacial score (nSPS) is 16.7. The molecule has 0 radical (unpaired) electrons. The van der Waals surface area contributed by atoms with Crippen LogP contribution in [0.3, 0.4) is 0 Å². The smallest absolute Gasteiger partial charge is 0.191 e. The number of hydrogen-bond donors (Lipinski definition) is 2. The Morgan fingerprint density at radius 3 is 2.83 bits per heavy atom. The van der Waals surface area contributed by atoms with E-state index in [2.05, 4.69) is 32.5 Å². The highest BCUT2D eigenvalue weighted by Crippen LogP contribution is 2.33. The lowest BCUT2D eigenvalue weighted by atomic mass is 10.2. The number of guanidine groups is 1. The summed E-state index contributed by atoms with van der Waals surface area (Å²) >= 11 is 6.18. The second kappa shape index (κ2) is 14.1. The van der Waals surface area contributed by atoms with Gasteiger partial charge >= 0.3 is 0 Å². The number of benzene rings is 1. The van der Waals surface area contributed by atoms with Gasteiger partial charge in [0, 0.05) is 51.4 Å². The summed E-state index contributed by atoms with van der Waals surface area (Å²) in [7, 11) is 7.35. The zero-order valence-corrected chi connectivity index (χ0v) is 21.0. The van der Waals surface area contributed by atoms with Crippen molar-refractivity contribution in [2.75, 3.05) is 72.5 Å². The van der Waals surface area contributed by atoms with Gasteiger partial charge in [0.25, 0.3) is 0 Å². The summed E-state index contributed by atoms with van der Waals surface area (Å²) in [4.78, 5) is 8.94. The van der Waals surface area contributed by atoms with Crippen molar-refractivity contribution in [3.05, 3.63) is 23.2 Å². The molecule has 1 aromatic carbocycles. The molecule has 29 heavy (non-hydrogen) atoms. The maximum atomic E-state index is 6.18. The number of hydrogen-bond acceptors (Lipinski definition) is 5. The third-order valence-corrected chi connectivity index (χ3v) is 5.16. The van der Waals surface area contributed by atoms with E-state index in [1.807, 2.05) is 25.2 Å². The molecule has 9 heteroatoms. The summed E-state index contributed by atoms with van der Waals surface area (Å²) in [5, 5.41) is 7.66. The van der Waals surface area contributed by atoms with Gasteiger partial charge < -0.3 is 29.9 Å². The standard InChI is InChI=1S/C20H34ClN5O2.HI/c1-22-20(23-9-5-10-25(2)12-13-27-3)24-17-8-11-26(15-17)18-14-16(21)6-7-19(18)28-4;/h6-7,14,17H,5,8-13,15H2,1-4H3,(H2,22,23,24);1H. The van der Waals surface area contributed by atoms with E-state index in [0.717, 1.165) is 74.6 Å². The monoisotopic (exact) mass is 539 g/mol. The molecule has 0 amide bonds. The van der Waals surface area contributed by atoms with Gasteiger partial charge in [0.05, 0.1) is 19.4 Å². The lowest BCUT2D eigenvalue weighted by molar-refractivity contribution is 0.161. The maximum Gasteiger partial charge on any atom is 0.191 e. The molecule has 0 aliphatic carbocycles. The first-order valence-corrected chi connectivity index (χ1v) is 10.2. The summed E-state index contributed by atoms with van der Waals surface area (Å²) in [6, 6.07) is 6.08. The minimum atomic E-state index is 0. The maximum absolute atomic E-state index is 6.18. The molecule has 1 unspecified atom stereocenters. The van der Waals surface area contributed by atoms with Crippen LogP contribution in [-0.4, -0.2) is 84.5 Å². The molecule has 2 N–H and O–H groups in total. The van der Waals surface area contributed by atoms with Crippen molar-refractivity contribution < 1.29 is 9.47 Å². The molecular weight excluding hydrogens is 505 g/mol. The van der Waals surface area contributed by atoms with Crippen LogP contribution in [-0.2, 0) is 4.74 Å². The number of nitrogens with zero attached hydrogens (tertiary/aromatic N) is 3. The Kier molecular flexibility index (Phi) is 12.7. The zero-order chi connectivity index (χ0) is 20.4. The van der Waals surface area contributed by atoms with E-state index >= 15 is 0 Å². The minimum absolute atomic E-state index is 0. The lowest BCUT2D eigenvalue weighted by Gasteiger charge is -2.22. The topological polar surface area (TPSA) is 61.4 Å². The Morgan fingerprint density at radius 2 is 2.14 bits per heavy atom. The van der Waals surface area contributed by atoms with E-state index in [1.165, 1.54) is 0 Å². The van der Waals surface area contributed by atoms with E-state index < -0.39 is 0 Å². The van der Waals surface area contributed by atoms with Crippen LogP contribution in [0.2, 0.25) is 5.02 Å². The highest BCUT2D eigenvalue weighted by Gasteiger charge is 2.25. The van der Waals surface area contributed by atoms with Gasteiger partial charge in [-0.15, -0.1) is 24.0 Å². The number of likely N-dealkylation sites (N-methyl/N-ethyl adjacent to an activating group) is 1. The molecule has 0 spiro atoms. The average Bonchev–Trinajstić information content (AvgIpc) is 3.17. The van der Waals surface area contributed by atoms with Crippen LogP contribution in [0, 0.1) is 0 Å². The van der Waals surface area contributed by atoms with Crippen molar-refractivity contribution in [3.8, 4) is 5.75 Å². The van der Waals surface area contributed by atoms with E-state index in [0.29, 0.717) is 6.04 Å². The zero-order valence-electron chi connectivity index (χ0n) is 17.9. The predicted octanol–water partition coefficient (Wildman–Crippen LogP) is 2.68. The van der Waals surface area contributed by atoms with Crippen LogP contribution in [0.5, 0.6) is 5.75 Å². The number of nitrogens with one attached hydrogen (secondary N) is 2. The Labute approximate surface area is 197 Å². The van der Waals surface area contributed by atoms with Gasteiger partial charge in [-0.05, 0) is 44.6 Å². The van der Waals surface area contributed by atoms with Crippen LogP contribution in [0.25, 0.3) is 0 Å². The van der Waals surface area contributed by atoms with Crippen LogP contribution in [0.15, 0.2) is 23.2 Å². The third kappa shape index (κ3) is 8.74. The van der Waals surface area contributed by atoms with Crippen molar-refractivity contribution in [2.45, 2.75) is 18.9 Å². The number of aliphatic imine (C=N–C) groups is 1. The first kappa shape index (κ1) is 26.1. The number of rotatable bonds is 10. The Bertz CT molecular complexity index is 635. The quantitative estimate of drug-likeness (QED) is 0.206. The number of anilines is 1. The molecule has 166 valence electrons. The Morgan fingerprint density at radius 1 is 1.34 bits per heavy atom. The Balaban J connectivity index is 0.00000420. The summed E-state index contributed by atoms with van der Waals surface area (Å²) < 4.78 is 10.6. The van der Waals surface area contributed by atoms with Gasteiger partial charge in [0.15, 0.2) is 5.96 Å².